The zero-order valence-corrected chi connectivity index (χ0v) is 17.8. The average molecular weight is 461 g/mol. The quantitative estimate of drug-likeness (QED) is 0.692. The molecule has 1 aliphatic heterocycles. The third kappa shape index (κ3) is 4.09. The van der Waals surface area contributed by atoms with Gasteiger partial charge >= 0.3 is 0 Å². The highest BCUT2D eigenvalue weighted by atomic mass is 79.9. The Kier molecular flexibility index (Phi) is 5.97. The summed E-state index contributed by atoms with van der Waals surface area (Å²) in [6, 6.07) is 4.91. The van der Waals surface area contributed by atoms with E-state index in [0.717, 1.165) is 17.8 Å². The van der Waals surface area contributed by atoms with Crippen LogP contribution in [-0.2, 0) is 14.8 Å². The summed E-state index contributed by atoms with van der Waals surface area (Å²) in [5.41, 5.74) is 0.672. The van der Waals surface area contributed by atoms with E-state index < -0.39 is 10.0 Å². The summed E-state index contributed by atoms with van der Waals surface area (Å²) in [7, 11) is -1.53. The van der Waals surface area contributed by atoms with Crippen molar-refractivity contribution in [2.75, 3.05) is 38.5 Å². The van der Waals surface area contributed by atoms with Gasteiger partial charge < -0.3 is 10.2 Å². The van der Waals surface area contributed by atoms with Gasteiger partial charge in [-0.05, 0) is 31.7 Å². The topological polar surface area (TPSA) is 82.6 Å². The summed E-state index contributed by atoms with van der Waals surface area (Å²) in [5.74, 6) is -0.156. The van der Waals surface area contributed by atoms with Crippen LogP contribution in [-0.4, -0.2) is 66.6 Å². The molecule has 0 spiro atoms. The van der Waals surface area contributed by atoms with E-state index >= 15 is 0 Å². The maximum Gasteiger partial charge on any atom is 0.243 e. The van der Waals surface area contributed by atoms with Crippen molar-refractivity contribution in [3.05, 3.63) is 18.2 Å². The fourth-order valence-corrected chi connectivity index (χ4v) is 5.21. The molecule has 2 aromatic rings. The van der Waals surface area contributed by atoms with Gasteiger partial charge in [-0.3, -0.25) is 4.79 Å². The highest BCUT2D eigenvalue weighted by molar-refractivity contribution is 9.10. The van der Waals surface area contributed by atoms with Crippen molar-refractivity contribution in [2.24, 2.45) is 0 Å². The number of rotatable bonds is 5. The number of hydrogen-bond acceptors (Lipinski definition) is 6. The number of thiazole rings is 1. The lowest BCUT2D eigenvalue weighted by Crippen LogP contribution is -2.46. The number of halogens is 1. The SMILES string of the molecule is CCC(Br)C(=O)Nc1nc2ccc(S(=O)(=O)N3CCN(C)CC3)cc2s1. The molecule has 0 bridgehead atoms. The molecule has 1 aromatic carbocycles. The van der Waals surface area contributed by atoms with Gasteiger partial charge in [0.05, 0.1) is 19.9 Å². The van der Waals surface area contributed by atoms with Gasteiger partial charge in [0.2, 0.25) is 15.9 Å². The molecule has 0 radical (unpaired) electrons. The number of likely N-dealkylation sites (N-methyl/N-ethyl adjacent to an activating group) is 1. The molecule has 1 unspecified atom stereocenters. The number of alkyl halides is 1. The second-order valence-corrected chi connectivity index (χ2v) is 10.3. The van der Waals surface area contributed by atoms with Gasteiger partial charge in [0.25, 0.3) is 0 Å². The Balaban J connectivity index is 1.84. The van der Waals surface area contributed by atoms with Crippen molar-refractivity contribution in [1.29, 1.82) is 0 Å². The number of carbonyl (C=O) groups excluding carboxylic acids is 1. The van der Waals surface area contributed by atoms with Crippen LogP contribution in [0.5, 0.6) is 0 Å². The maximum atomic E-state index is 12.9. The average Bonchev–Trinajstić information content (AvgIpc) is 3.02. The first-order valence-corrected chi connectivity index (χ1v) is 11.5. The lowest BCUT2D eigenvalue weighted by molar-refractivity contribution is -0.115. The number of hydrogen-bond donors (Lipinski definition) is 1. The molecule has 1 aromatic heterocycles. The molecule has 1 saturated heterocycles. The van der Waals surface area contributed by atoms with Crippen LogP contribution in [0.2, 0.25) is 0 Å². The number of sulfonamides is 1. The summed E-state index contributed by atoms with van der Waals surface area (Å²) in [5, 5.41) is 3.23. The van der Waals surface area contributed by atoms with E-state index in [2.05, 4.69) is 31.1 Å². The zero-order valence-electron chi connectivity index (χ0n) is 14.6. The Morgan fingerprint density at radius 1 is 1.35 bits per heavy atom. The molecule has 1 amide bonds. The molecule has 0 saturated carbocycles. The minimum absolute atomic E-state index is 0.156. The predicted molar refractivity (Wildman–Crippen MR) is 108 cm³/mol. The number of nitrogens with one attached hydrogen (secondary N) is 1. The Labute approximate surface area is 165 Å². The zero-order chi connectivity index (χ0) is 18.9. The molecule has 3 rings (SSSR count). The number of anilines is 1. The van der Waals surface area contributed by atoms with Gasteiger partial charge in [-0.15, -0.1) is 0 Å². The van der Waals surface area contributed by atoms with Crippen molar-refractivity contribution in [1.82, 2.24) is 14.2 Å². The van der Waals surface area contributed by atoms with Gasteiger partial charge in [-0.25, -0.2) is 13.4 Å². The molecule has 0 aliphatic carbocycles. The lowest BCUT2D eigenvalue weighted by atomic mass is 10.3. The number of fused-ring (bicyclic) bond motifs is 1. The maximum absolute atomic E-state index is 12.9. The molecular formula is C16H21BrN4O3S2. The largest absolute Gasteiger partial charge is 0.304 e. The molecule has 2 heterocycles. The van der Waals surface area contributed by atoms with Crippen LogP contribution in [0.1, 0.15) is 13.3 Å². The third-order valence-electron chi connectivity index (χ3n) is 4.33. The van der Waals surface area contributed by atoms with Crippen molar-refractivity contribution in [3.63, 3.8) is 0 Å². The van der Waals surface area contributed by atoms with E-state index in [4.69, 9.17) is 0 Å². The fraction of sp³-hybridized carbons (Fsp3) is 0.500. The lowest BCUT2D eigenvalue weighted by Gasteiger charge is -2.31. The number of carbonyl (C=O) groups is 1. The third-order valence-corrected chi connectivity index (χ3v) is 8.22. The second-order valence-electron chi connectivity index (χ2n) is 6.22. The summed E-state index contributed by atoms with van der Waals surface area (Å²) in [6.45, 7) is 4.34. The molecule has 1 fully saturated rings. The summed E-state index contributed by atoms with van der Waals surface area (Å²) >= 11 is 4.58. The molecule has 1 aliphatic rings. The first kappa shape index (κ1) is 19.7. The molecule has 1 atom stereocenters. The Bertz CT molecular complexity index is 907. The number of amides is 1. The van der Waals surface area contributed by atoms with E-state index in [1.807, 2.05) is 14.0 Å². The number of benzene rings is 1. The van der Waals surface area contributed by atoms with Crippen LogP contribution in [0, 0.1) is 0 Å². The molecule has 10 heteroatoms. The Hall–Kier alpha value is -1.07. The van der Waals surface area contributed by atoms with Crippen LogP contribution in [0.4, 0.5) is 5.13 Å². The number of piperazine rings is 1. The first-order chi connectivity index (χ1) is 12.3. The van der Waals surface area contributed by atoms with Crippen molar-refractivity contribution >= 4 is 58.5 Å². The van der Waals surface area contributed by atoms with Gasteiger partial charge in [-0.1, -0.05) is 34.2 Å². The Morgan fingerprint density at radius 3 is 2.69 bits per heavy atom. The number of nitrogens with zero attached hydrogens (tertiary/aromatic N) is 3. The molecular weight excluding hydrogens is 440 g/mol. The molecule has 26 heavy (non-hydrogen) atoms. The van der Waals surface area contributed by atoms with Crippen LogP contribution in [0.15, 0.2) is 23.1 Å². The van der Waals surface area contributed by atoms with E-state index in [1.165, 1.54) is 15.6 Å². The minimum atomic E-state index is -3.52. The van der Waals surface area contributed by atoms with Crippen LogP contribution >= 0.6 is 27.3 Å². The van der Waals surface area contributed by atoms with E-state index in [9.17, 15) is 13.2 Å². The van der Waals surface area contributed by atoms with Crippen LogP contribution in [0.3, 0.4) is 0 Å². The standard InChI is InChI=1S/C16H21BrN4O3S2/c1-3-12(17)15(22)19-16-18-13-5-4-11(10-14(13)25-16)26(23,24)21-8-6-20(2)7-9-21/h4-5,10,12H,3,6-9H2,1-2H3,(H,18,19,22). The van der Waals surface area contributed by atoms with Gasteiger partial charge in [-0.2, -0.15) is 4.31 Å². The summed E-state index contributed by atoms with van der Waals surface area (Å²) in [6.07, 6.45) is 0.671. The second kappa shape index (κ2) is 7.89. The Morgan fingerprint density at radius 2 is 2.04 bits per heavy atom. The monoisotopic (exact) mass is 460 g/mol. The highest BCUT2D eigenvalue weighted by Gasteiger charge is 2.28. The first-order valence-electron chi connectivity index (χ1n) is 8.35. The minimum Gasteiger partial charge on any atom is -0.304 e. The normalized spacial score (nSPS) is 18.1. The number of aromatic nitrogens is 1. The highest BCUT2D eigenvalue weighted by Crippen LogP contribution is 2.29. The molecule has 7 nitrogen and oxygen atoms in total. The van der Waals surface area contributed by atoms with Crippen LogP contribution < -0.4 is 5.32 Å². The van der Waals surface area contributed by atoms with E-state index in [1.54, 1.807) is 18.2 Å². The molecule has 1 N–H and O–H groups in total. The van der Waals surface area contributed by atoms with Crippen molar-refractivity contribution in [2.45, 2.75) is 23.1 Å². The summed E-state index contributed by atoms with van der Waals surface area (Å²) in [4.78, 5) is 18.5. The van der Waals surface area contributed by atoms with E-state index in [-0.39, 0.29) is 15.6 Å². The predicted octanol–water partition coefficient (Wildman–Crippen LogP) is 2.34. The van der Waals surface area contributed by atoms with Crippen molar-refractivity contribution < 1.29 is 13.2 Å². The smallest absolute Gasteiger partial charge is 0.243 e. The van der Waals surface area contributed by atoms with Gasteiger partial charge in [0, 0.05) is 26.2 Å². The van der Waals surface area contributed by atoms with E-state index in [0.29, 0.717) is 30.2 Å². The fourth-order valence-electron chi connectivity index (χ4n) is 2.67. The van der Waals surface area contributed by atoms with Gasteiger partial charge in [0.15, 0.2) is 5.13 Å². The van der Waals surface area contributed by atoms with Gasteiger partial charge in [0.1, 0.15) is 0 Å². The van der Waals surface area contributed by atoms with Crippen molar-refractivity contribution in [3.8, 4) is 0 Å². The summed E-state index contributed by atoms with van der Waals surface area (Å²) < 4.78 is 28.0. The van der Waals surface area contributed by atoms with Crippen LogP contribution in [0.25, 0.3) is 10.2 Å². The molecule has 142 valence electrons.